The normalized spacial score (nSPS) is 16.7. The second-order valence-electron chi connectivity index (χ2n) is 11.6. The van der Waals surface area contributed by atoms with Gasteiger partial charge in [0, 0.05) is 19.4 Å². The Morgan fingerprint density at radius 2 is 1.36 bits per heavy atom. The summed E-state index contributed by atoms with van der Waals surface area (Å²) in [7, 11) is 0. The zero-order valence-electron chi connectivity index (χ0n) is 23.5. The number of carbonyl (C=O) groups is 3. The number of nitrogens with one attached hydrogen (secondary N) is 1. The van der Waals surface area contributed by atoms with Gasteiger partial charge in [-0.3, -0.25) is 19.3 Å². The summed E-state index contributed by atoms with van der Waals surface area (Å²) < 4.78 is 21.8. The Labute approximate surface area is 217 Å². The second-order valence-corrected chi connectivity index (χ2v) is 11.6. The Morgan fingerprint density at radius 1 is 0.833 bits per heavy atom. The first-order valence-electron chi connectivity index (χ1n) is 13.3. The molecule has 1 aliphatic rings. The third-order valence-electron chi connectivity index (χ3n) is 6.01. The lowest BCUT2D eigenvalue weighted by Crippen LogP contribution is -2.36. The number of amides is 3. The van der Waals surface area contributed by atoms with Gasteiger partial charge in [0.1, 0.15) is 0 Å². The van der Waals surface area contributed by atoms with Gasteiger partial charge in [-0.15, -0.1) is 0 Å². The predicted molar refractivity (Wildman–Crippen MR) is 138 cm³/mol. The number of rotatable bonds is 19. The first-order valence-corrected chi connectivity index (χ1v) is 13.3. The number of hydrogen-bond acceptors (Lipinski definition) is 7. The molecular formula is C27H50N2O7. The van der Waals surface area contributed by atoms with Crippen molar-refractivity contribution in [2.75, 3.05) is 65.9 Å². The summed E-state index contributed by atoms with van der Waals surface area (Å²) in [5.74, 6) is -0.448. The third-order valence-corrected chi connectivity index (χ3v) is 6.01. The summed E-state index contributed by atoms with van der Waals surface area (Å²) in [6.45, 7) is 16.9. The minimum absolute atomic E-state index is 0.0232. The van der Waals surface area contributed by atoms with Crippen LogP contribution in [0.3, 0.4) is 0 Å². The third kappa shape index (κ3) is 14.9. The molecule has 0 radical (unpaired) electrons. The maximum absolute atomic E-state index is 12.4. The van der Waals surface area contributed by atoms with E-state index in [1.165, 1.54) is 4.90 Å². The van der Waals surface area contributed by atoms with Crippen molar-refractivity contribution in [3.05, 3.63) is 0 Å². The van der Waals surface area contributed by atoms with Gasteiger partial charge in [-0.25, -0.2) is 0 Å². The molecule has 9 heteroatoms. The van der Waals surface area contributed by atoms with Crippen molar-refractivity contribution in [3.8, 4) is 0 Å². The van der Waals surface area contributed by atoms with Gasteiger partial charge in [0.05, 0.1) is 65.3 Å². The number of imide groups is 1. The number of likely N-dealkylation sites (tertiary alicyclic amines) is 1. The molecule has 1 fully saturated rings. The number of carbonyl (C=O) groups excluding carboxylic acids is 3. The van der Waals surface area contributed by atoms with Crippen molar-refractivity contribution in [2.24, 2.45) is 16.7 Å². The Kier molecular flexibility index (Phi) is 15.4. The maximum atomic E-state index is 12.4. The van der Waals surface area contributed by atoms with Gasteiger partial charge < -0.3 is 24.3 Å². The van der Waals surface area contributed by atoms with E-state index in [1.54, 1.807) is 0 Å². The average molecular weight is 515 g/mol. The van der Waals surface area contributed by atoms with E-state index in [-0.39, 0.29) is 42.0 Å². The molecule has 210 valence electrons. The number of nitrogens with zero attached hydrogens (tertiary/aromatic N) is 1. The van der Waals surface area contributed by atoms with Crippen LogP contribution in [0.25, 0.3) is 0 Å². The Balaban J connectivity index is 1.86. The van der Waals surface area contributed by atoms with Crippen molar-refractivity contribution in [3.63, 3.8) is 0 Å². The van der Waals surface area contributed by atoms with E-state index in [0.717, 1.165) is 25.8 Å². The molecule has 0 saturated carbocycles. The van der Waals surface area contributed by atoms with Crippen LogP contribution in [0.5, 0.6) is 0 Å². The number of ether oxygens (including phenoxy) is 4. The fourth-order valence-electron chi connectivity index (χ4n) is 3.77. The van der Waals surface area contributed by atoms with Crippen molar-refractivity contribution < 1.29 is 33.3 Å². The first kappa shape index (κ1) is 32.5. The van der Waals surface area contributed by atoms with Gasteiger partial charge in [0.2, 0.25) is 17.7 Å². The van der Waals surface area contributed by atoms with Crippen LogP contribution in [0.15, 0.2) is 0 Å². The highest BCUT2D eigenvalue weighted by Crippen LogP contribution is 2.35. The smallest absolute Gasteiger partial charge is 0.233 e. The van der Waals surface area contributed by atoms with Crippen molar-refractivity contribution >= 4 is 17.7 Å². The molecule has 1 heterocycles. The minimum Gasteiger partial charge on any atom is -0.379 e. The highest BCUT2D eigenvalue weighted by Gasteiger charge is 2.44. The highest BCUT2D eigenvalue weighted by atomic mass is 16.6. The van der Waals surface area contributed by atoms with E-state index in [4.69, 9.17) is 18.9 Å². The standard InChI is InChI=1S/C27H50N2O7/c1-26(2,3)10-7-8-11-28-23(30)9-13-33-15-17-35-19-20-36-18-16-34-14-12-29-24(31)21-22(25(29)32)27(4,5)6/h22H,7-21H2,1-6H3,(H,28,30). The molecule has 1 rings (SSSR count). The molecule has 0 aromatic heterocycles. The zero-order valence-corrected chi connectivity index (χ0v) is 23.5. The van der Waals surface area contributed by atoms with E-state index in [2.05, 4.69) is 26.1 Å². The van der Waals surface area contributed by atoms with Crippen LogP contribution in [-0.4, -0.2) is 88.6 Å². The molecule has 9 nitrogen and oxygen atoms in total. The lowest BCUT2D eigenvalue weighted by atomic mass is 9.80. The Bertz CT molecular complexity index is 655. The summed E-state index contributed by atoms with van der Waals surface area (Å²) in [6, 6.07) is 0. The van der Waals surface area contributed by atoms with Crippen LogP contribution >= 0.6 is 0 Å². The average Bonchev–Trinajstić information content (AvgIpc) is 3.06. The van der Waals surface area contributed by atoms with Crippen LogP contribution in [0, 0.1) is 16.7 Å². The molecule has 36 heavy (non-hydrogen) atoms. The summed E-state index contributed by atoms with van der Waals surface area (Å²) in [5.41, 5.74) is 0.129. The summed E-state index contributed by atoms with van der Waals surface area (Å²) in [6.07, 6.45) is 3.93. The Morgan fingerprint density at radius 3 is 1.86 bits per heavy atom. The van der Waals surface area contributed by atoms with Crippen LogP contribution in [0.2, 0.25) is 0 Å². The van der Waals surface area contributed by atoms with Gasteiger partial charge in [0.15, 0.2) is 0 Å². The largest absolute Gasteiger partial charge is 0.379 e. The number of hydrogen-bond donors (Lipinski definition) is 1. The summed E-state index contributed by atoms with van der Waals surface area (Å²) >= 11 is 0. The summed E-state index contributed by atoms with van der Waals surface area (Å²) in [5, 5.41) is 2.93. The first-order chi connectivity index (χ1) is 16.9. The van der Waals surface area contributed by atoms with E-state index < -0.39 is 0 Å². The van der Waals surface area contributed by atoms with Gasteiger partial charge in [-0.05, 0) is 23.7 Å². The molecule has 1 aliphatic heterocycles. The lowest BCUT2D eigenvalue weighted by Gasteiger charge is -2.24. The molecule has 1 unspecified atom stereocenters. The van der Waals surface area contributed by atoms with Crippen LogP contribution in [0.4, 0.5) is 0 Å². The second kappa shape index (κ2) is 17.1. The molecule has 1 N–H and O–H groups in total. The fraction of sp³-hybridized carbons (Fsp3) is 0.889. The molecule has 1 atom stereocenters. The molecule has 1 saturated heterocycles. The summed E-state index contributed by atoms with van der Waals surface area (Å²) in [4.78, 5) is 37.6. The molecule has 0 aliphatic carbocycles. The molecule has 0 aromatic carbocycles. The van der Waals surface area contributed by atoms with Gasteiger partial charge >= 0.3 is 0 Å². The van der Waals surface area contributed by atoms with Gasteiger partial charge in [0.25, 0.3) is 0 Å². The molecule has 0 aromatic rings. The van der Waals surface area contributed by atoms with Gasteiger partial charge in [-0.2, -0.15) is 0 Å². The monoisotopic (exact) mass is 514 g/mol. The lowest BCUT2D eigenvalue weighted by molar-refractivity contribution is -0.141. The fourth-order valence-corrected chi connectivity index (χ4v) is 3.77. The number of unbranched alkanes of at least 4 members (excludes halogenated alkanes) is 1. The molecular weight excluding hydrogens is 464 g/mol. The van der Waals surface area contributed by atoms with Crippen LogP contribution < -0.4 is 5.32 Å². The van der Waals surface area contributed by atoms with Crippen LogP contribution in [-0.2, 0) is 33.3 Å². The van der Waals surface area contributed by atoms with Crippen LogP contribution in [0.1, 0.15) is 73.6 Å². The van der Waals surface area contributed by atoms with Crippen molar-refractivity contribution in [1.82, 2.24) is 10.2 Å². The van der Waals surface area contributed by atoms with E-state index in [1.807, 2.05) is 20.8 Å². The van der Waals surface area contributed by atoms with E-state index >= 15 is 0 Å². The highest BCUT2D eigenvalue weighted by molar-refractivity contribution is 6.03. The van der Waals surface area contributed by atoms with E-state index in [0.29, 0.717) is 64.7 Å². The van der Waals surface area contributed by atoms with Gasteiger partial charge in [-0.1, -0.05) is 48.0 Å². The van der Waals surface area contributed by atoms with E-state index in [9.17, 15) is 14.4 Å². The topological polar surface area (TPSA) is 103 Å². The SMILES string of the molecule is CC(C)(C)CCCCNC(=O)CCOCCOCCOCCOCCN1C(=O)CC(C(C)(C)C)C1=O. The predicted octanol–water partition coefficient (Wildman–Crippen LogP) is 3.20. The molecule has 0 bridgehead atoms. The maximum Gasteiger partial charge on any atom is 0.233 e. The molecule has 0 spiro atoms. The zero-order chi connectivity index (χ0) is 27.0. The quantitative estimate of drug-likeness (QED) is 0.209. The van der Waals surface area contributed by atoms with Crippen molar-refractivity contribution in [2.45, 2.75) is 73.6 Å². The minimum atomic E-state index is -0.253. The van der Waals surface area contributed by atoms with Crippen molar-refractivity contribution in [1.29, 1.82) is 0 Å². The molecule has 3 amide bonds. The Hall–Kier alpha value is -1.55.